The van der Waals surface area contributed by atoms with E-state index in [1.807, 2.05) is 19.1 Å². The second kappa shape index (κ2) is 3.63. The van der Waals surface area contributed by atoms with Crippen LogP contribution in [0.3, 0.4) is 0 Å². The van der Waals surface area contributed by atoms with E-state index in [1.165, 1.54) is 0 Å². The van der Waals surface area contributed by atoms with Crippen LogP contribution < -0.4 is 10.6 Å². The number of aromatic nitrogens is 2. The van der Waals surface area contributed by atoms with Gasteiger partial charge >= 0.3 is 6.03 Å². The molecule has 1 fully saturated rings. The number of likely N-dealkylation sites (N-methyl/N-ethyl adjacent to an activating group) is 1. The minimum absolute atomic E-state index is 0.00579. The number of nitrogen functional groups attached to an aromatic ring is 1. The summed E-state index contributed by atoms with van der Waals surface area (Å²) >= 11 is 0. The van der Waals surface area contributed by atoms with Crippen LogP contribution in [0.15, 0.2) is 12.1 Å². The largest absolute Gasteiger partial charge is 0.383 e. The van der Waals surface area contributed by atoms with Crippen molar-refractivity contribution < 1.29 is 4.79 Å². The van der Waals surface area contributed by atoms with Crippen molar-refractivity contribution in [1.82, 2.24) is 14.9 Å². The summed E-state index contributed by atoms with van der Waals surface area (Å²) in [6, 6.07) is 3.82. The van der Waals surface area contributed by atoms with Gasteiger partial charge in [0.15, 0.2) is 0 Å². The highest BCUT2D eigenvalue weighted by molar-refractivity contribution is 5.96. The van der Waals surface area contributed by atoms with Crippen LogP contribution >= 0.6 is 0 Å². The van der Waals surface area contributed by atoms with Gasteiger partial charge in [-0.15, -0.1) is 0 Å². The minimum Gasteiger partial charge on any atom is -0.383 e. The molecule has 3 N–H and O–H groups in total. The van der Waals surface area contributed by atoms with Crippen molar-refractivity contribution in [1.29, 1.82) is 0 Å². The molecule has 1 saturated heterocycles. The van der Waals surface area contributed by atoms with E-state index in [0.29, 0.717) is 12.4 Å². The molecule has 0 atom stereocenters. The minimum atomic E-state index is 0.00579. The molecular weight excluding hydrogens is 230 g/mol. The predicted molar refractivity (Wildman–Crippen MR) is 70.6 cm³/mol. The van der Waals surface area contributed by atoms with Crippen LogP contribution in [0.4, 0.5) is 16.4 Å². The van der Waals surface area contributed by atoms with Gasteiger partial charge in [0, 0.05) is 26.2 Å². The summed E-state index contributed by atoms with van der Waals surface area (Å²) in [5.41, 5.74) is 8.40. The number of anilines is 2. The van der Waals surface area contributed by atoms with E-state index < -0.39 is 0 Å². The Bertz CT molecular complexity index is 594. The molecule has 6 nitrogen and oxygen atoms in total. The first-order valence-corrected chi connectivity index (χ1v) is 5.85. The number of nitrogens with zero attached hydrogens (tertiary/aromatic N) is 3. The van der Waals surface area contributed by atoms with Gasteiger partial charge in [-0.05, 0) is 18.6 Å². The van der Waals surface area contributed by atoms with E-state index in [2.05, 4.69) is 9.97 Å². The first-order chi connectivity index (χ1) is 8.56. The molecule has 3 rings (SSSR count). The van der Waals surface area contributed by atoms with Gasteiger partial charge in [0.25, 0.3) is 0 Å². The number of pyridine rings is 1. The SMILES string of the molecule is Cc1cc2[nH]c(N3CCN(C)C3=O)cc2nc1N. The zero-order valence-electron chi connectivity index (χ0n) is 10.4. The fourth-order valence-electron chi connectivity index (χ4n) is 2.17. The van der Waals surface area contributed by atoms with Crippen LogP contribution in [0.25, 0.3) is 11.0 Å². The predicted octanol–water partition coefficient (Wildman–Crippen LogP) is 1.33. The number of nitrogens with one attached hydrogen (secondary N) is 1. The molecule has 94 valence electrons. The van der Waals surface area contributed by atoms with Crippen molar-refractivity contribution >= 4 is 28.7 Å². The second-order valence-corrected chi connectivity index (χ2v) is 4.63. The molecule has 0 unspecified atom stereocenters. The number of H-pyrrole nitrogens is 1. The Morgan fingerprint density at radius 1 is 1.39 bits per heavy atom. The van der Waals surface area contributed by atoms with Gasteiger partial charge in [-0.3, -0.25) is 4.90 Å². The Kier molecular flexibility index (Phi) is 2.19. The fraction of sp³-hybridized carbons (Fsp3) is 0.333. The average Bonchev–Trinajstić information content (AvgIpc) is 2.85. The number of fused-ring (bicyclic) bond motifs is 1. The van der Waals surface area contributed by atoms with Gasteiger partial charge < -0.3 is 15.6 Å². The highest BCUT2D eigenvalue weighted by Crippen LogP contribution is 2.25. The number of aromatic amines is 1. The Labute approximate surface area is 104 Å². The normalized spacial score (nSPS) is 16.0. The molecule has 2 aromatic rings. The van der Waals surface area contributed by atoms with Gasteiger partial charge in [-0.2, -0.15) is 0 Å². The number of aryl methyl sites for hydroxylation is 1. The Balaban J connectivity index is 2.06. The van der Waals surface area contributed by atoms with Crippen molar-refractivity contribution in [3.8, 4) is 0 Å². The Morgan fingerprint density at radius 3 is 2.83 bits per heavy atom. The molecule has 3 heterocycles. The highest BCUT2D eigenvalue weighted by Gasteiger charge is 2.27. The molecule has 1 aliphatic heterocycles. The number of carbonyl (C=O) groups is 1. The van der Waals surface area contributed by atoms with Crippen LogP contribution in [-0.4, -0.2) is 41.0 Å². The molecule has 1 aliphatic rings. The molecule has 0 radical (unpaired) electrons. The number of hydrogen-bond acceptors (Lipinski definition) is 3. The van der Waals surface area contributed by atoms with E-state index in [9.17, 15) is 4.79 Å². The van der Waals surface area contributed by atoms with Crippen LogP contribution in [0.2, 0.25) is 0 Å². The molecule has 6 heteroatoms. The molecule has 2 aromatic heterocycles. The van der Waals surface area contributed by atoms with Gasteiger partial charge in [0.05, 0.1) is 11.0 Å². The zero-order chi connectivity index (χ0) is 12.9. The van der Waals surface area contributed by atoms with Crippen molar-refractivity contribution in [3.05, 3.63) is 17.7 Å². The Morgan fingerprint density at radius 2 is 2.17 bits per heavy atom. The number of nitrogens with two attached hydrogens (primary N) is 1. The number of rotatable bonds is 1. The van der Waals surface area contributed by atoms with E-state index in [-0.39, 0.29) is 6.03 Å². The average molecular weight is 245 g/mol. The van der Waals surface area contributed by atoms with Crippen molar-refractivity contribution in [2.45, 2.75) is 6.92 Å². The number of carbonyl (C=O) groups excluding carboxylic acids is 1. The van der Waals surface area contributed by atoms with Crippen LogP contribution in [0.5, 0.6) is 0 Å². The Hall–Kier alpha value is -2.24. The molecule has 0 saturated carbocycles. The number of urea groups is 1. The first kappa shape index (κ1) is 10.9. The van der Waals surface area contributed by atoms with Crippen LogP contribution in [-0.2, 0) is 0 Å². The molecule has 0 aromatic carbocycles. The van der Waals surface area contributed by atoms with Gasteiger partial charge in [-0.1, -0.05) is 0 Å². The summed E-state index contributed by atoms with van der Waals surface area (Å²) in [5.74, 6) is 1.30. The quantitative estimate of drug-likeness (QED) is 0.795. The van der Waals surface area contributed by atoms with E-state index in [4.69, 9.17) is 5.73 Å². The third-order valence-corrected chi connectivity index (χ3v) is 3.33. The molecule has 2 amide bonds. The topological polar surface area (TPSA) is 78.2 Å². The molecular formula is C12H15N5O. The van der Waals surface area contributed by atoms with E-state index >= 15 is 0 Å². The summed E-state index contributed by atoms with van der Waals surface area (Å²) in [6.07, 6.45) is 0. The van der Waals surface area contributed by atoms with Crippen molar-refractivity contribution in [3.63, 3.8) is 0 Å². The maximum Gasteiger partial charge on any atom is 0.325 e. The monoisotopic (exact) mass is 245 g/mol. The number of hydrogen-bond donors (Lipinski definition) is 2. The fourth-order valence-corrected chi connectivity index (χ4v) is 2.17. The first-order valence-electron chi connectivity index (χ1n) is 5.85. The van der Waals surface area contributed by atoms with Gasteiger partial charge in [-0.25, -0.2) is 9.78 Å². The zero-order valence-corrected chi connectivity index (χ0v) is 10.4. The summed E-state index contributed by atoms with van der Waals surface area (Å²) in [4.78, 5) is 22.8. The second-order valence-electron chi connectivity index (χ2n) is 4.63. The summed E-state index contributed by atoms with van der Waals surface area (Å²) < 4.78 is 0. The molecule has 0 bridgehead atoms. The third-order valence-electron chi connectivity index (χ3n) is 3.33. The number of amides is 2. The lowest BCUT2D eigenvalue weighted by Gasteiger charge is -2.13. The van der Waals surface area contributed by atoms with E-state index in [0.717, 1.165) is 29.0 Å². The summed E-state index contributed by atoms with van der Waals surface area (Å²) in [7, 11) is 1.80. The van der Waals surface area contributed by atoms with Gasteiger partial charge in [0.2, 0.25) is 0 Å². The highest BCUT2D eigenvalue weighted by atomic mass is 16.2. The van der Waals surface area contributed by atoms with Crippen LogP contribution in [0.1, 0.15) is 5.56 Å². The standard InChI is InChI=1S/C12H15N5O/c1-7-5-8-9(15-11(7)13)6-10(14-8)17-4-3-16(2)12(17)18/h5-6,14H,3-4H2,1-2H3,(H2,13,15). The lowest BCUT2D eigenvalue weighted by molar-refractivity contribution is 0.229. The summed E-state index contributed by atoms with van der Waals surface area (Å²) in [5, 5.41) is 0. The lowest BCUT2D eigenvalue weighted by atomic mass is 10.2. The third kappa shape index (κ3) is 1.49. The van der Waals surface area contributed by atoms with Crippen molar-refractivity contribution in [2.75, 3.05) is 30.8 Å². The maximum atomic E-state index is 11.9. The smallest absolute Gasteiger partial charge is 0.325 e. The van der Waals surface area contributed by atoms with E-state index in [1.54, 1.807) is 16.8 Å². The van der Waals surface area contributed by atoms with Crippen molar-refractivity contribution in [2.24, 2.45) is 0 Å². The lowest BCUT2D eigenvalue weighted by Crippen LogP contribution is -2.29. The van der Waals surface area contributed by atoms with Crippen LogP contribution in [0, 0.1) is 6.92 Å². The molecule has 0 spiro atoms. The summed E-state index contributed by atoms with van der Waals surface area (Å²) in [6.45, 7) is 3.34. The maximum absolute atomic E-state index is 11.9. The molecule has 18 heavy (non-hydrogen) atoms. The molecule has 0 aliphatic carbocycles. The van der Waals surface area contributed by atoms with Gasteiger partial charge in [0.1, 0.15) is 11.6 Å².